The molecule has 0 aliphatic carbocycles. The quantitative estimate of drug-likeness (QED) is 0.832. The molecule has 1 N–H and O–H groups in total. The molecule has 2 rings (SSSR count). The minimum Gasteiger partial charge on any atom is -0.310 e. The zero-order valence-electron chi connectivity index (χ0n) is 11.2. The molecular weight excluding hydrogens is 296 g/mol. The Hall–Kier alpha value is -1.09. The van der Waals surface area contributed by atoms with Crippen molar-refractivity contribution in [3.05, 3.63) is 69.5 Å². The van der Waals surface area contributed by atoms with Crippen molar-refractivity contribution in [1.29, 1.82) is 0 Å². The van der Waals surface area contributed by atoms with Gasteiger partial charge < -0.3 is 5.32 Å². The van der Waals surface area contributed by atoms with E-state index < -0.39 is 0 Å². The van der Waals surface area contributed by atoms with Crippen molar-refractivity contribution < 1.29 is 4.39 Å². The summed E-state index contributed by atoms with van der Waals surface area (Å²) in [5.74, 6) is -0.204. The molecule has 1 nitrogen and oxygen atoms in total. The van der Waals surface area contributed by atoms with Crippen LogP contribution in [-0.4, -0.2) is 6.04 Å². The molecule has 2 aromatic carbocycles. The van der Waals surface area contributed by atoms with Crippen molar-refractivity contribution in [3.8, 4) is 0 Å². The predicted octanol–water partition coefficient (Wildman–Crippen LogP) is 4.85. The van der Waals surface area contributed by atoms with Crippen molar-refractivity contribution in [2.75, 3.05) is 0 Å². The first-order chi connectivity index (χ1) is 9.54. The third kappa shape index (κ3) is 4.48. The van der Waals surface area contributed by atoms with E-state index in [4.69, 9.17) is 23.2 Å². The van der Waals surface area contributed by atoms with E-state index >= 15 is 0 Å². The van der Waals surface area contributed by atoms with Crippen LogP contribution in [0.1, 0.15) is 18.1 Å². The van der Waals surface area contributed by atoms with Gasteiger partial charge in [0.25, 0.3) is 0 Å². The van der Waals surface area contributed by atoms with Crippen LogP contribution in [0.15, 0.2) is 42.5 Å². The summed E-state index contributed by atoms with van der Waals surface area (Å²) in [6.07, 6.45) is 0.849. The lowest BCUT2D eigenvalue weighted by Crippen LogP contribution is -2.27. The average molecular weight is 312 g/mol. The van der Waals surface area contributed by atoms with Gasteiger partial charge in [-0.1, -0.05) is 41.4 Å². The first-order valence-corrected chi connectivity index (χ1v) is 7.22. The highest BCUT2D eigenvalue weighted by atomic mass is 35.5. The van der Waals surface area contributed by atoms with Gasteiger partial charge >= 0.3 is 0 Å². The van der Waals surface area contributed by atoms with Gasteiger partial charge in [-0.3, -0.25) is 0 Å². The molecule has 0 spiro atoms. The summed E-state index contributed by atoms with van der Waals surface area (Å²) < 4.78 is 12.8. The van der Waals surface area contributed by atoms with E-state index in [1.807, 2.05) is 24.3 Å². The van der Waals surface area contributed by atoms with Gasteiger partial charge in [-0.15, -0.1) is 0 Å². The highest BCUT2D eigenvalue weighted by molar-refractivity contribution is 6.42. The molecule has 0 saturated heterocycles. The summed E-state index contributed by atoms with van der Waals surface area (Å²) >= 11 is 11.9. The Bertz CT molecular complexity index is 569. The molecule has 1 atom stereocenters. The lowest BCUT2D eigenvalue weighted by molar-refractivity contribution is 0.544. The molecule has 0 radical (unpaired) electrons. The Labute approximate surface area is 128 Å². The van der Waals surface area contributed by atoms with Gasteiger partial charge in [0.15, 0.2) is 0 Å². The number of nitrogens with one attached hydrogen (secondary N) is 1. The van der Waals surface area contributed by atoms with Crippen molar-refractivity contribution >= 4 is 23.2 Å². The number of benzene rings is 2. The maximum atomic E-state index is 12.8. The lowest BCUT2D eigenvalue weighted by Gasteiger charge is -2.14. The van der Waals surface area contributed by atoms with Crippen LogP contribution in [0.25, 0.3) is 0 Å². The molecule has 0 fully saturated rings. The van der Waals surface area contributed by atoms with Crippen molar-refractivity contribution in [2.45, 2.75) is 25.9 Å². The van der Waals surface area contributed by atoms with Gasteiger partial charge in [0.05, 0.1) is 10.0 Å². The van der Waals surface area contributed by atoms with E-state index in [2.05, 4.69) is 12.2 Å². The second kappa shape index (κ2) is 7.07. The second-order valence-electron chi connectivity index (χ2n) is 4.86. The van der Waals surface area contributed by atoms with Crippen molar-refractivity contribution in [3.63, 3.8) is 0 Å². The van der Waals surface area contributed by atoms with Gasteiger partial charge in [-0.2, -0.15) is 0 Å². The maximum Gasteiger partial charge on any atom is 0.123 e. The van der Waals surface area contributed by atoms with Gasteiger partial charge in [0.2, 0.25) is 0 Å². The number of halogens is 3. The highest BCUT2D eigenvalue weighted by Gasteiger charge is 2.05. The molecule has 0 aromatic heterocycles. The van der Waals surface area contributed by atoms with E-state index in [-0.39, 0.29) is 11.9 Å². The predicted molar refractivity (Wildman–Crippen MR) is 82.9 cm³/mol. The summed E-state index contributed by atoms with van der Waals surface area (Å²) in [4.78, 5) is 0. The largest absolute Gasteiger partial charge is 0.310 e. The molecule has 2 aromatic rings. The Balaban J connectivity index is 1.86. The van der Waals surface area contributed by atoms with E-state index in [9.17, 15) is 4.39 Å². The van der Waals surface area contributed by atoms with E-state index in [1.54, 1.807) is 6.07 Å². The maximum absolute atomic E-state index is 12.8. The van der Waals surface area contributed by atoms with Crippen LogP contribution < -0.4 is 5.32 Å². The molecule has 0 bridgehead atoms. The molecule has 0 saturated carbocycles. The zero-order valence-corrected chi connectivity index (χ0v) is 12.7. The zero-order chi connectivity index (χ0) is 14.5. The van der Waals surface area contributed by atoms with Gasteiger partial charge in [-0.05, 0) is 48.7 Å². The fourth-order valence-electron chi connectivity index (χ4n) is 1.99. The molecule has 0 aliphatic heterocycles. The Kier molecular flexibility index (Phi) is 5.41. The standard InChI is InChI=1S/C16H16Cl2FN/c1-11(8-12-2-5-14(19)6-3-12)20-10-13-4-7-15(17)16(18)9-13/h2-7,9,11,20H,8,10H2,1H3. The van der Waals surface area contributed by atoms with Crippen LogP contribution in [0.2, 0.25) is 10.0 Å². The molecule has 4 heteroatoms. The first-order valence-electron chi connectivity index (χ1n) is 6.46. The fourth-order valence-corrected chi connectivity index (χ4v) is 2.31. The van der Waals surface area contributed by atoms with Crippen LogP contribution in [0, 0.1) is 5.82 Å². The SMILES string of the molecule is CC(Cc1ccc(F)cc1)NCc1ccc(Cl)c(Cl)c1. The van der Waals surface area contributed by atoms with Crippen LogP contribution in [0.3, 0.4) is 0 Å². The minimum atomic E-state index is -0.204. The molecule has 0 aliphatic rings. The van der Waals surface area contributed by atoms with Crippen LogP contribution >= 0.6 is 23.2 Å². The Morgan fingerprint density at radius 3 is 2.30 bits per heavy atom. The first kappa shape index (κ1) is 15.3. The third-order valence-electron chi connectivity index (χ3n) is 3.09. The summed E-state index contributed by atoms with van der Waals surface area (Å²) in [5, 5.41) is 4.54. The summed E-state index contributed by atoms with van der Waals surface area (Å²) in [5.41, 5.74) is 2.20. The molecular formula is C16H16Cl2FN. The third-order valence-corrected chi connectivity index (χ3v) is 3.83. The van der Waals surface area contributed by atoms with Crippen LogP contribution in [0.5, 0.6) is 0 Å². The molecule has 20 heavy (non-hydrogen) atoms. The molecule has 0 amide bonds. The smallest absolute Gasteiger partial charge is 0.123 e. The van der Waals surface area contributed by atoms with Gasteiger partial charge in [0.1, 0.15) is 5.82 Å². The highest BCUT2D eigenvalue weighted by Crippen LogP contribution is 2.22. The van der Waals surface area contributed by atoms with Crippen LogP contribution in [0.4, 0.5) is 4.39 Å². The summed E-state index contributed by atoms with van der Waals surface area (Å²) in [7, 11) is 0. The van der Waals surface area contributed by atoms with E-state index in [0.717, 1.165) is 24.1 Å². The monoisotopic (exact) mass is 311 g/mol. The van der Waals surface area contributed by atoms with Crippen molar-refractivity contribution in [1.82, 2.24) is 5.32 Å². The lowest BCUT2D eigenvalue weighted by atomic mass is 10.1. The summed E-state index contributed by atoms with van der Waals surface area (Å²) in [6, 6.07) is 12.5. The number of rotatable bonds is 5. The van der Waals surface area contributed by atoms with Crippen LogP contribution in [-0.2, 0) is 13.0 Å². The molecule has 1 unspecified atom stereocenters. The normalized spacial score (nSPS) is 12.4. The van der Waals surface area contributed by atoms with Crippen molar-refractivity contribution in [2.24, 2.45) is 0 Å². The average Bonchev–Trinajstić information content (AvgIpc) is 2.43. The second-order valence-corrected chi connectivity index (χ2v) is 5.68. The van der Waals surface area contributed by atoms with E-state index in [1.165, 1.54) is 12.1 Å². The van der Waals surface area contributed by atoms with E-state index in [0.29, 0.717) is 10.0 Å². The summed E-state index contributed by atoms with van der Waals surface area (Å²) in [6.45, 7) is 2.82. The van der Waals surface area contributed by atoms with Gasteiger partial charge in [0, 0.05) is 12.6 Å². The molecule has 0 heterocycles. The Morgan fingerprint density at radius 1 is 1.00 bits per heavy atom. The fraction of sp³-hybridized carbons (Fsp3) is 0.250. The minimum absolute atomic E-state index is 0.204. The number of hydrogen-bond donors (Lipinski definition) is 1. The number of hydrogen-bond acceptors (Lipinski definition) is 1. The molecule has 106 valence electrons. The van der Waals surface area contributed by atoms with Gasteiger partial charge in [-0.25, -0.2) is 4.39 Å². The Morgan fingerprint density at radius 2 is 1.65 bits per heavy atom. The topological polar surface area (TPSA) is 12.0 Å².